The van der Waals surface area contributed by atoms with Crippen molar-refractivity contribution in [2.24, 2.45) is 0 Å². The molecule has 1 aliphatic rings. The van der Waals surface area contributed by atoms with Gasteiger partial charge in [-0.2, -0.15) is 0 Å². The quantitative estimate of drug-likeness (QED) is 0.176. The van der Waals surface area contributed by atoms with Crippen molar-refractivity contribution in [2.75, 3.05) is 44.6 Å². The largest absolute Gasteiger partial charge is 0.493 e. The van der Waals surface area contributed by atoms with Crippen LogP contribution in [-0.2, 0) is 0 Å². The standard InChI is InChI=1S/C35H36N6O5/c1-22-12-14-25-26(9-5-11-29(25)40(2)24-13-15-30(44-3)31(20-24)45-4)32(22)46-33-27(10-6-17-36-33)28-16-18-37-34(39-28)38-23-8-7-19-41(21-23)35(42)43/h5-6,9-18,20,23H,7-8,19,21H2,1-4H3,(H,42,43)(H,37,38,39)/t23-/m0/s1. The zero-order valence-corrected chi connectivity index (χ0v) is 26.2. The number of aromatic nitrogens is 3. The van der Waals surface area contributed by atoms with E-state index in [1.54, 1.807) is 26.6 Å². The van der Waals surface area contributed by atoms with Gasteiger partial charge in [0, 0.05) is 66.8 Å². The molecule has 0 radical (unpaired) electrons. The second-order valence-corrected chi connectivity index (χ2v) is 11.1. The SMILES string of the molecule is COc1ccc(N(C)c2cccc3c(Oc4ncccc4-c4ccnc(N[C@H]5CCCN(C(=O)O)C5)n4)c(C)ccc23)cc1OC. The number of nitrogens with zero attached hydrogens (tertiary/aromatic N) is 5. The highest BCUT2D eigenvalue weighted by molar-refractivity contribution is 6.00. The molecule has 1 aliphatic heterocycles. The molecule has 6 rings (SSSR count). The number of likely N-dealkylation sites (tertiary alicyclic amines) is 1. The molecule has 46 heavy (non-hydrogen) atoms. The number of pyridine rings is 1. The van der Waals surface area contributed by atoms with Crippen LogP contribution in [0.1, 0.15) is 18.4 Å². The van der Waals surface area contributed by atoms with Gasteiger partial charge in [0.2, 0.25) is 11.8 Å². The van der Waals surface area contributed by atoms with E-state index in [1.165, 1.54) is 4.90 Å². The van der Waals surface area contributed by atoms with E-state index in [0.717, 1.165) is 40.6 Å². The topological polar surface area (TPSA) is 122 Å². The maximum Gasteiger partial charge on any atom is 0.407 e. The molecule has 236 valence electrons. The van der Waals surface area contributed by atoms with Crippen LogP contribution in [0.25, 0.3) is 22.0 Å². The summed E-state index contributed by atoms with van der Waals surface area (Å²) in [6.45, 7) is 2.93. The Morgan fingerprint density at radius 3 is 2.63 bits per heavy atom. The highest BCUT2D eigenvalue weighted by Crippen LogP contribution is 2.41. The van der Waals surface area contributed by atoms with Gasteiger partial charge >= 0.3 is 6.09 Å². The lowest BCUT2D eigenvalue weighted by Crippen LogP contribution is -2.44. The number of nitrogens with one attached hydrogen (secondary N) is 1. The molecule has 1 amide bonds. The molecule has 2 aromatic heterocycles. The lowest BCUT2D eigenvalue weighted by atomic mass is 10.0. The molecule has 11 nitrogen and oxygen atoms in total. The Hall–Kier alpha value is -5.58. The van der Waals surface area contributed by atoms with Gasteiger partial charge in [0.15, 0.2) is 11.5 Å². The Kier molecular flexibility index (Phi) is 8.73. The molecular weight excluding hydrogens is 584 g/mol. The Balaban J connectivity index is 1.31. The van der Waals surface area contributed by atoms with Crippen molar-refractivity contribution >= 4 is 34.2 Å². The number of methoxy groups -OCH3 is 2. The molecule has 0 saturated carbocycles. The zero-order chi connectivity index (χ0) is 32.2. The Morgan fingerprint density at radius 2 is 1.83 bits per heavy atom. The van der Waals surface area contributed by atoms with Gasteiger partial charge in [-0.1, -0.05) is 24.3 Å². The number of carbonyl (C=O) groups is 1. The first-order chi connectivity index (χ1) is 22.4. The van der Waals surface area contributed by atoms with Gasteiger partial charge in [-0.05, 0) is 61.7 Å². The van der Waals surface area contributed by atoms with E-state index in [0.29, 0.717) is 53.4 Å². The third-order valence-electron chi connectivity index (χ3n) is 8.23. The summed E-state index contributed by atoms with van der Waals surface area (Å²) in [4.78, 5) is 28.8. The fourth-order valence-corrected chi connectivity index (χ4v) is 5.82. The number of aryl methyl sites for hydroxylation is 1. The van der Waals surface area contributed by atoms with Crippen LogP contribution in [0, 0.1) is 6.92 Å². The summed E-state index contributed by atoms with van der Waals surface area (Å²) in [5.74, 6) is 2.85. The van der Waals surface area contributed by atoms with Crippen LogP contribution in [-0.4, -0.2) is 71.5 Å². The highest BCUT2D eigenvalue weighted by Gasteiger charge is 2.24. The number of amides is 1. The number of anilines is 3. The monoisotopic (exact) mass is 620 g/mol. The molecule has 2 N–H and O–H groups in total. The van der Waals surface area contributed by atoms with E-state index in [1.807, 2.05) is 68.6 Å². The predicted molar refractivity (Wildman–Crippen MR) is 178 cm³/mol. The molecule has 11 heteroatoms. The number of benzene rings is 3. The van der Waals surface area contributed by atoms with Crippen LogP contribution < -0.4 is 24.4 Å². The van der Waals surface area contributed by atoms with Gasteiger partial charge in [-0.3, -0.25) is 0 Å². The fourth-order valence-electron chi connectivity index (χ4n) is 5.82. The van der Waals surface area contributed by atoms with Crippen molar-refractivity contribution in [1.82, 2.24) is 19.9 Å². The highest BCUT2D eigenvalue weighted by atomic mass is 16.5. The number of ether oxygens (including phenoxy) is 3. The number of carboxylic acid groups (broad SMARTS) is 1. The first kappa shape index (κ1) is 30.4. The smallest absolute Gasteiger partial charge is 0.407 e. The Labute approximate surface area is 267 Å². The summed E-state index contributed by atoms with van der Waals surface area (Å²) < 4.78 is 17.6. The van der Waals surface area contributed by atoms with E-state index in [4.69, 9.17) is 19.2 Å². The van der Waals surface area contributed by atoms with Gasteiger partial charge in [0.1, 0.15) is 5.75 Å². The molecule has 3 heterocycles. The molecule has 5 aromatic rings. The predicted octanol–water partition coefficient (Wildman–Crippen LogP) is 7.13. The van der Waals surface area contributed by atoms with Gasteiger partial charge in [0.05, 0.1) is 25.5 Å². The Bertz CT molecular complexity index is 1880. The van der Waals surface area contributed by atoms with Crippen LogP contribution >= 0.6 is 0 Å². The molecule has 0 spiro atoms. The first-order valence-electron chi connectivity index (χ1n) is 15.0. The van der Waals surface area contributed by atoms with Crippen LogP contribution in [0.15, 0.2) is 79.1 Å². The average Bonchev–Trinajstić information content (AvgIpc) is 3.09. The van der Waals surface area contributed by atoms with E-state index in [2.05, 4.69) is 32.3 Å². The number of hydrogen-bond donors (Lipinski definition) is 2. The molecular formula is C35H36N6O5. The Morgan fingerprint density at radius 1 is 0.978 bits per heavy atom. The summed E-state index contributed by atoms with van der Waals surface area (Å²) in [5.41, 5.74) is 4.24. The summed E-state index contributed by atoms with van der Waals surface area (Å²) in [6.07, 6.45) is 4.07. The van der Waals surface area contributed by atoms with Crippen LogP contribution in [0.3, 0.4) is 0 Å². The van der Waals surface area contributed by atoms with E-state index >= 15 is 0 Å². The zero-order valence-electron chi connectivity index (χ0n) is 26.2. The minimum absolute atomic E-state index is 0.0746. The van der Waals surface area contributed by atoms with Crippen LogP contribution in [0.5, 0.6) is 23.1 Å². The van der Waals surface area contributed by atoms with Crippen molar-refractivity contribution in [1.29, 1.82) is 0 Å². The number of piperidine rings is 1. The molecule has 0 unspecified atom stereocenters. The number of fused-ring (bicyclic) bond motifs is 1. The third kappa shape index (κ3) is 6.16. The van der Waals surface area contributed by atoms with Gasteiger partial charge < -0.3 is 34.4 Å². The second kappa shape index (κ2) is 13.2. The first-order valence-corrected chi connectivity index (χ1v) is 15.0. The second-order valence-electron chi connectivity index (χ2n) is 11.1. The molecule has 1 fully saturated rings. The van der Waals surface area contributed by atoms with Gasteiger partial charge in [0.25, 0.3) is 0 Å². The van der Waals surface area contributed by atoms with Crippen molar-refractivity contribution in [3.05, 3.63) is 84.7 Å². The van der Waals surface area contributed by atoms with Crippen molar-refractivity contribution in [3.8, 4) is 34.4 Å². The number of rotatable bonds is 9. The van der Waals surface area contributed by atoms with Crippen LogP contribution in [0.4, 0.5) is 22.1 Å². The fraction of sp³-hybridized carbons (Fsp3) is 0.257. The lowest BCUT2D eigenvalue weighted by Gasteiger charge is -2.31. The summed E-state index contributed by atoms with van der Waals surface area (Å²) >= 11 is 0. The molecule has 1 saturated heterocycles. The van der Waals surface area contributed by atoms with Gasteiger partial charge in [-0.15, -0.1) is 0 Å². The molecule has 1 atom stereocenters. The van der Waals surface area contributed by atoms with Gasteiger partial charge in [-0.25, -0.2) is 19.7 Å². The minimum Gasteiger partial charge on any atom is -0.493 e. The summed E-state index contributed by atoms with van der Waals surface area (Å²) in [6, 6.07) is 21.6. The summed E-state index contributed by atoms with van der Waals surface area (Å²) in [7, 11) is 5.26. The maximum atomic E-state index is 11.5. The number of hydrogen-bond acceptors (Lipinski definition) is 9. The minimum atomic E-state index is -0.915. The average molecular weight is 621 g/mol. The maximum absolute atomic E-state index is 11.5. The molecule has 0 aliphatic carbocycles. The molecule has 3 aromatic carbocycles. The molecule has 0 bridgehead atoms. The van der Waals surface area contributed by atoms with Crippen LogP contribution in [0.2, 0.25) is 0 Å². The lowest BCUT2D eigenvalue weighted by molar-refractivity contribution is 0.132. The van der Waals surface area contributed by atoms with E-state index in [-0.39, 0.29) is 6.04 Å². The third-order valence-corrected chi connectivity index (χ3v) is 8.23. The van der Waals surface area contributed by atoms with Crippen molar-refractivity contribution < 1.29 is 24.1 Å². The normalized spacial score (nSPS) is 14.5. The van der Waals surface area contributed by atoms with Crippen molar-refractivity contribution in [3.63, 3.8) is 0 Å². The van der Waals surface area contributed by atoms with Crippen molar-refractivity contribution in [2.45, 2.75) is 25.8 Å². The van der Waals surface area contributed by atoms with E-state index in [9.17, 15) is 9.90 Å². The van der Waals surface area contributed by atoms with E-state index < -0.39 is 6.09 Å². The summed E-state index contributed by atoms with van der Waals surface area (Å²) in [5, 5.41) is 14.7.